The van der Waals surface area contributed by atoms with Crippen LogP contribution in [0.25, 0.3) is 0 Å². The van der Waals surface area contributed by atoms with E-state index in [4.69, 9.17) is 9.47 Å². The molecule has 0 aromatic rings. The fourth-order valence-corrected chi connectivity index (χ4v) is 4.93. The molecule has 6 nitrogen and oxygen atoms in total. The maximum absolute atomic E-state index is 12.7. The minimum absolute atomic E-state index is 0.0180. The minimum Gasteiger partial charge on any atom is -0.487 e. The summed E-state index contributed by atoms with van der Waals surface area (Å²) in [4.78, 5) is 12.7. The molecule has 3 heterocycles. The molecule has 3 N–H and O–H groups in total. The third-order valence-corrected chi connectivity index (χ3v) is 6.46. The summed E-state index contributed by atoms with van der Waals surface area (Å²) in [6, 6.07) is 0. The molecule has 6 heteroatoms. The molecule has 4 rings (SSSR count). The van der Waals surface area contributed by atoms with Crippen molar-refractivity contribution in [2.45, 2.75) is 63.6 Å². The Hall–Kier alpha value is -1.63. The molecule has 2 bridgehead atoms. The van der Waals surface area contributed by atoms with Crippen molar-refractivity contribution in [3.8, 4) is 0 Å². The van der Waals surface area contributed by atoms with Gasteiger partial charge < -0.3 is 24.8 Å². The van der Waals surface area contributed by atoms with E-state index < -0.39 is 41.9 Å². The molecule has 3 aliphatic heterocycles. The Balaban J connectivity index is 1.93. The highest BCUT2D eigenvalue weighted by Crippen LogP contribution is 2.56. The number of ether oxygens (including phenoxy) is 2. The van der Waals surface area contributed by atoms with Crippen LogP contribution in [0.5, 0.6) is 0 Å². The van der Waals surface area contributed by atoms with Crippen LogP contribution < -0.4 is 0 Å². The minimum atomic E-state index is -1.09. The van der Waals surface area contributed by atoms with Gasteiger partial charge in [-0.1, -0.05) is 32.9 Å². The van der Waals surface area contributed by atoms with Crippen LogP contribution in [-0.4, -0.2) is 51.3 Å². The molecule has 150 valence electrons. The highest BCUT2D eigenvalue weighted by atomic mass is 16.6. The maximum Gasteiger partial charge on any atom is 0.341 e. The van der Waals surface area contributed by atoms with Crippen molar-refractivity contribution in [3.05, 3.63) is 36.6 Å². The van der Waals surface area contributed by atoms with Crippen LogP contribution in [0.2, 0.25) is 0 Å². The largest absolute Gasteiger partial charge is 0.487 e. The molecule has 27 heavy (non-hydrogen) atoms. The van der Waals surface area contributed by atoms with Crippen molar-refractivity contribution >= 4 is 5.97 Å². The number of fused-ring (bicyclic) bond motifs is 2. The molecule has 3 fully saturated rings. The maximum atomic E-state index is 12.7. The number of esters is 1. The topological polar surface area (TPSA) is 96.2 Å². The van der Waals surface area contributed by atoms with Gasteiger partial charge in [-0.25, -0.2) is 4.79 Å². The summed E-state index contributed by atoms with van der Waals surface area (Å²) in [5.41, 5.74) is -0.951. The van der Waals surface area contributed by atoms with Gasteiger partial charge in [-0.2, -0.15) is 0 Å². The molecule has 4 aliphatic rings. The monoisotopic (exact) mass is 378 g/mol. The summed E-state index contributed by atoms with van der Waals surface area (Å²) in [6.07, 6.45) is 1.08. The van der Waals surface area contributed by atoms with E-state index in [2.05, 4.69) is 13.2 Å². The zero-order valence-corrected chi connectivity index (χ0v) is 16.2. The second-order valence-corrected chi connectivity index (χ2v) is 8.40. The Bertz CT molecular complexity index is 670. The van der Waals surface area contributed by atoms with Crippen LogP contribution in [0.3, 0.4) is 0 Å². The zero-order chi connectivity index (χ0) is 20.1. The molecule has 0 aromatic carbocycles. The second kappa shape index (κ2) is 7.08. The first-order valence-electron chi connectivity index (χ1n) is 9.61. The van der Waals surface area contributed by atoms with Crippen LogP contribution in [0.15, 0.2) is 36.6 Å². The lowest BCUT2D eigenvalue weighted by atomic mass is 9.64. The highest BCUT2D eigenvalue weighted by Gasteiger charge is 2.66. The SMILES string of the molecule is C=CC(O)[C@@H](C)C[C@@H](C)C(O)C1=C2O[C@H]3[C@H](O)[C@@H](C=C)[C@@]2(C[C@H]3C)OC1=O. The lowest BCUT2D eigenvalue weighted by Gasteiger charge is -2.54. The second-order valence-electron chi connectivity index (χ2n) is 8.40. The first-order valence-corrected chi connectivity index (χ1v) is 9.61. The molecule has 0 aromatic heterocycles. The van der Waals surface area contributed by atoms with Gasteiger partial charge in [0, 0.05) is 6.42 Å². The van der Waals surface area contributed by atoms with Crippen molar-refractivity contribution < 1.29 is 29.6 Å². The van der Waals surface area contributed by atoms with Crippen LogP contribution in [-0.2, 0) is 14.3 Å². The van der Waals surface area contributed by atoms with Crippen molar-refractivity contribution in [3.63, 3.8) is 0 Å². The number of hydrogen-bond acceptors (Lipinski definition) is 6. The molecule has 2 saturated heterocycles. The fraction of sp³-hybridized carbons (Fsp3) is 0.667. The van der Waals surface area contributed by atoms with Gasteiger partial charge in [0.15, 0.2) is 11.4 Å². The highest BCUT2D eigenvalue weighted by molar-refractivity contribution is 5.94. The van der Waals surface area contributed by atoms with Gasteiger partial charge in [-0.05, 0) is 24.2 Å². The number of aliphatic hydroxyl groups is 3. The number of rotatable bonds is 7. The Morgan fingerprint density at radius 3 is 2.56 bits per heavy atom. The molecule has 1 saturated carbocycles. The van der Waals surface area contributed by atoms with Gasteiger partial charge >= 0.3 is 5.97 Å². The molecule has 0 radical (unpaired) electrons. The van der Waals surface area contributed by atoms with Gasteiger partial charge in [-0.15, -0.1) is 13.2 Å². The van der Waals surface area contributed by atoms with E-state index in [1.165, 1.54) is 6.08 Å². The molecule has 9 atom stereocenters. The van der Waals surface area contributed by atoms with Crippen LogP contribution in [0.1, 0.15) is 33.6 Å². The first kappa shape index (κ1) is 20.1. The Morgan fingerprint density at radius 1 is 1.30 bits per heavy atom. The van der Waals surface area contributed by atoms with Crippen molar-refractivity contribution in [2.75, 3.05) is 0 Å². The molecule has 1 spiro atoms. The average Bonchev–Trinajstić information content (AvgIpc) is 2.90. The first-order chi connectivity index (χ1) is 12.7. The predicted octanol–water partition coefficient (Wildman–Crippen LogP) is 1.71. The van der Waals surface area contributed by atoms with Gasteiger partial charge in [0.05, 0.1) is 18.1 Å². The van der Waals surface area contributed by atoms with E-state index in [1.54, 1.807) is 6.08 Å². The Labute approximate surface area is 160 Å². The van der Waals surface area contributed by atoms with E-state index in [0.717, 1.165) is 0 Å². The van der Waals surface area contributed by atoms with Crippen molar-refractivity contribution in [2.24, 2.45) is 23.7 Å². The van der Waals surface area contributed by atoms with E-state index >= 15 is 0 Å². The summed E-state index contributed by atoms with van der Waals surface area (Å²) < 4.78 is 11.7. The van der Waals surface area contributed by atoms with Gasteiger partial charge in [0.1, 0.15) is 17.8 Å². The van der Waals surface area contributed by atoms with E-state index in [0.29, 0.717) is 18.6 Å². The van der Waals surface area contributed by atoms with Crippen molar-refractivity contribution in [1.29, 1.82) is 0 Å². The molecule has 1 aliphatic carbocycles. The summed E-state index contributed by atoms with van der Waals surface area (Å²) in [5.74, 6) is -1.11. The summed E-state index contributed by atoms with van der Waals surface area (Å²) in [5, 5.41) is 31.4. The van der Waals surface area contributed by atoms with Crippen LogP contribution >= 0.6 is 0 Å². The smallest absolute Gasteiger partial charge is 0.341 e. The predicted molar refractivity (Wildman–Crippen MR) is 99.4 cm³/mol. The fourth-order valence-electron chi connectivity index (χ4n) is 4.93. The summed E-state index contributed by atoms with van der Waals surface area (Å²) >= 11 is 0. The number of aliphatic hydroxyl groups excluding tert-OH is 3. The third-order valence-electron chi connectivity index (χ3n) is 6.46. The third kappa shape index (κ3) is 2.94. The molecular formula is C21H30O6. The zero-order valence-electron chi connectivity index (χ0n) is 16.2. The molecule has 0 amide bonds. The average molecular weight is 378 g/mol. The Morgan fingerprint density at radius 2 is 1.96 bits per heavy atom. The van der Waals surface area contributed by atoms with Gasteiger partial charge in [0.25, 0.3) is 0 Å². The summed E-state index contributed by atoms with van der Waals surface area (Å²) in [6.45, 7) is 13.0. The molecule has 2 unspecified atom stereocenters. The lowest BCUT2D eigenvalue weighted by Crippen LogP contribution is -2.63. The van der Waals surface area contributed by atoms with E-state index in [9.17, 15) is 20.1 Å². The van der Waals surface area contributed by atoms with E-state index in [1.807, 2.05) is 20.8 Å². The van der Waals surface area contributed by atoms with Crippen LogP contribution in [0.4, 0.5) is 0 Å². The van der Waals surface area contributed by atoms with Gasteiger partial charge in [-0.3, -0.25) is 0 Å². The summed E-state index contributed by atoms with van der Waals surface area (Å²) in [7, 11) is 0. The molecular weight excluding hydrogens is 348 g/mol. The van der Waals surface area contributed by atoms with Crippen molar-refractivity contribution in [1.82, 2.24) is 0 Å². The number of hydrogen-bond donors (Lipinski definition) is 3. The quantitative estimate of drug-likeness (QED) is 0.461. The van der Waals surface area contributed by atoms with E-state index in [-0.39, 0.29) is 23.3 Å². The van der Waals surface area contributed by atoms with Gasteiger partial charge in [0.2, 0.25) is 0 Å². The number of carbonyl (C=O) groups excluding carboxylic acids is 1. The number of carbonyl (C=O) groups is 1. The standard InChI is InChI=1S/C21H30O6/c1-6-13-17(24)18-12(5)9-21(13)19(26-18)15(20(25)27-21)16(23)11(4)8-10(3)14(22)7-2/h6-7,10-14,16-18,22-24H,1-2,8-9H2,3-5H3/t10-,11+,12+,13+,14?,16?,17+,18+,21+/m0/s1. The lowest BCUT2D eigenvalue weighted by molar-refractivity contribution is -0.220. The normalized spacial score (nSPS) is 39.1. The van der Waals surface area contributed by atoms with Crippen LogP contribution in [0, 0.1) is 23.7 Å². The Kier molecular flexibility index (Phi) is 5.27.